The molecule has 0 saturated heterocycles. The fourth-order valence-electron chi connectivity index (χ4n) is 6.02. The number of nitrogen functional groups attached to an aromatic ring is 1. The number of ether oxygens (including phenoxy) is 1. The molecule has 6 heteroatoms. The largest absolute Gasteiger partial charge is 0.457 e. The number of fused-ring (bicyclic) bond motifs is 3. The van der Waals surface area contributed by atoms with Gasteiger partial charge in [0.25, 0.3) is 0 Å². The molecule has 2 aliphatic rings. The van der Waals surface area contributed by atoms with Gasteiger partial charge in [-0.3, -0.25) is 4.79 Å². The van der Waals surface area contributed by atoms with Crippen LogP contribution in [0.3, 0.4) is 0 Å². The number of carbonyl (C=O) groups is 1. The number of carbonyl (C=O) groups excluding carboxylic acids is 1. The molecular weight excluding hydrogens is 412 g/mol. The Morgan fingerprint density at radius 3 is 2.70 bits per heavy atom. The van der Waals surface area contributed by atoms with Gasteiger partial charge in [-0.1, -0.05) is 31.5 Å². The maximum atomic E-state index is 13.1. The van der Waals surface area contributed by atoms with Crippen molar-refractivity contribution >= 4 is 22.9 Å². The van der Waals surface area contributed by atoms with E-state index in [1.807, 2.05) is 60.5 Å². The van der Waals surface area contributed by atoms with Crippen molar-refractivity contribution in [2.75, 3.05) is 12.8 Å². The summed E-state index contributed by atoms with van der Waals surface area (Å²) in [4.78, 5) is 19.7. The monoisotopic (exact) mass is 446 g/mol. The number of amides is 1. The highest BCUT2D eigenvalue weighted by Crippen LogP contribution is 2.46. The molecule has 33 heavy (non-hydrogen) atoms. The van der Waals surface area contributed by atoms with Crippen LogP contribution in [-0.4, -0.2) is 33.4 Å². The summed E-state index contributed by atoms with van der Waals surface area (Å²) in [5, 5.41) is 0. The van der Waals surface area contributed by atoms with Gasteiger partial charge in [-0.15, -0.1) is 0 Å². The number of benzene rings is 2. The fraction of sp³-hybridized carbons (Fsp3) is 0.481. The van der Waals surface area contributed by atoms with Gasteiger partial charge >= 0.3 is 0 Å². The zero-order valence-corrected chi connectivity index (χ0v) is 19.6. The number of nitrogens with two attached hydrogens (primary N) is 1. The van der Waals surface area contributed by atoms with E-state index in [2.05, 4.69) is 16.5 Å². The minimum atomic E-state index is 0.111. The van der Waals surface area contributed by atoms with Crippen LogP contribution in [0, 0.1) is 11.8 Å². The third-order valence-electron chi connectivity index (χ3n) is 7.79. The number of hydrogen-bond acceptors (Lipinski definition) is 4. The number of hydrogen-bond donors (Lipinski definition) is 1. The lowest BCUT2D eigenvalue weighted by atomic mass is 9.94. The second-order valence-corrected chi connectivity index (χ2v) is 9.75. The van der Waals surface area contributed by atoms with Gasteiger partial charge in [-0.25, -0.2) is 4.98 Å². The van der Waals surface area contributed by atoms with Crippen molar-refractivity contribution in [1.29, 1.82) is 0 Å². The van der Waals surface area contributed by atoms with Gasteiger partial charge in [-0.05, 0) is 68.2 Å². The van der Waals surface area contributed by atoms with E-state index in [1.54, 1.807) is 0 Å². The zero-order valence-electron chi connectivity index (χ0n) is 19.6. The number of rotatable bonds is 8. The van der Waals surface area contributed by atoms with Gasteiger partial charge in [0.15, 0.2) is 0 Å². The van der Waals surface area contributed by atoms with Crippen LogP contribution in [0.1, 0.15) is 57.9 Å². The first-order valence-electron chi connectivity index (χ1n) is 12.3. The molecule has 0 radical (unpaired) electrons. The molecule has 2 fully saturated rings. The van der Waals surface area contributed by atoms with Crippen LogP contribution in [0.25, 0.3) is 11.0 Å². The molecule has 4 atom stereocenters. The predicted octanol–water partition coefficient (Wildman–Crippen LogP) is 5.79. The molecule has 174 valence electrons. The topological polar surface area (TPSA) is 73.4 Å². The molecule has 6 nitrogen and oxygen atoms in total. The number of para-hydroxylation sites is 1. The Kier molecular flexibility index (Phi) is 6.00. The maximum Gasteiger partial charge on any atom is 0.222 e. The SMILES string of the molecule is CCC(CCC(=O)N(C)[C@H]1C[C@H]2CC[C@@H]1C2)n1c(N)nc2ccc(Oc3ccccc3)cc21. The van der Waals surface area contributed by atoms with E-state index < -0.39 is 0 Å². The number of imidazole rings is 1. The minimum absolute atomic E-state index is 0.111. The van der Waals surface area contributed by atoms with E-state index in [0.717, 1.165) is 41.3 Å². The first kappa shape index (κ1) is 21.8. The van der Waals surface area contributed by atoms with Crippen LogP contribution in [-0.2, 0) is 4.79 Å². The Morgan fingerprint density at radius 2 is 2.00 bits per heavy atom. The Balaban J connectivity index is 1.31. The third-order valence-corrected chi connectivity index (χ3v) is 7.79. The summed E-state index contributed by atoms with van der Waals surface area (Å²) in [6.07, 6.45) is 7.30. The first-order chi connectivity index (χ1) is 16.0. The maximum absolute atomic E-state index is 13.1. The summed E-state index contributed by atoms with van der Waals surface area (Å²) in [6, 6.07) is 16.1. The number of aromatic nitrogens is 2. The van der Waals surface area contributed by atoms with E-state index in [1.165, 1.54) is 25.7 Å². The zero-order chi connectivity index (χ0) is 22.9. The van der Waals surface area contributed by atoms with Crippen molar-refractivity contribution < 1.29 is 9.53 Å². The minimum Gasteiger partial charge on any atom is -0.457 e. The van der Waals surface area contributed by atoms with E-state index in [0.29, 0.717) is 24.3 Å². The molecule has 3 aromatic rings. The van der Waals surface area contributed by atoms with Gasteiger partial charge in [0.2, 0.25) is 11.9 Å². The highest BCUT2D eigenvalue weighted by atomic mass is 16.5. The Hall–Kier alpha value is -3.02. The van der Waals surface area contributed by atoms with Crippen molar-refractivity contribution in [3.63, 3.8) is 0 Å². The Morgan fingerprint density at radius 1 is 1.18 bits per heavy atom. The van der Waals surface area contributed by atoms with Crippen LogP contribution < -0.4 is 10.5 Å². The standard InChI is InChI=1S/C27H34N4O2/c1-3-20(11-14-26(32)30(2)24-16-18-9-10-19(24)15-18)31-25-17-22(12-13-23(25)29-27(31)28)33-21-7-5-4-6-8-21/h4-8,12-13,17-20,24H,3,9-11,14-16H2,1-2H3,(H2,28,29)/t18-,19+,20?,24-/m0/s1. The average Bonchev–Trinajstić information content (AvgIpc) is 3.54. The molecule has 1 aromatic heterocycles. The van der Waals surface area contributed by atoms with Crippen molar-refractivity contribution in [3.05, 3.63) is 48.5 Å². The third kappa shape index (κ3) is 4.31. The lowest BCUT2D eigenvalue weighted by molar-refractivity contribution is -0.133. The average molecular weight is 447 g/mol. The molecule has 2 aliphatic carbocycles. The van der Waals surface area contributed by atoms with Crippen LogP contribution in [0.2, 0.25) is 0 Å². The highest BCUT2D eigenvalue weighted by molar-refractivity contribution is 5.80. The molecule has 0 aliphatic heterocycles. The number of anilines is 1. The van der Waals surface area contributed by atoms with Crippen molar-refractivity contribution in [1.82, 2.24) is 14.5 Å². The Bertz CT molecular complexity index is 1130. The van der Waals surface area contributed by atoms with Gasteiger partial charge < -0.3 is 19.9 Å². The van der Waals surface area contributed by atoms with E-state index in [9.17, 15) is 4.79 Å². The molecule has 1 amide bonds. The van der Waals surface area contributed by atoms with E-state index >= 15 is 0 Å². The lowest BCUT2D eigenvalue weighted by Crippen LogP contribution is -2.40. The van der Waals surface area contributed by atoms with Crippen LogP contribution in [0.4, 0.5) is 5.95 Å². The normalized spacial score (nSPS) is 22.5. The quantitative estimate of drug-likeness (QED) is 0.475. The molecule has 2 saturated carbocycles. The van der Waals surface area contributed by atoms with Crippen molar-refractivity contribution in [2.45, 2.75) is 64.0 Å². The second kappa shape index (κ2) is 9.08. The summed E-state index contributed by atoms with van der Waals surface area (Å²) in [7, 11) is 2.00. The summed E-state index contributed by atoms with van der Waals surface area (Å²) in [5.41, 5.74) is 8.15. The van der Waals surface area contributed by atoms with Gasteiger partial charge in [0.05, 0.1) is 11.0 Å². The first-order valence-corrected chi connectivity index (χ1v) is 12.3. The molecule has 1 unspecified atom stereocenters. The van der Waals surface area contributed by atoms with Crippen LogP contribution >= 0.6 is 0 Å². The molecule has 2 aromatic carbocycles. The summed E-state index contributed by atoms with van der Waals surface area (Å²) in [6.45, 7) is 2.14. The van der Waals surface area contributed by atoms with Gasteiger partial charge in [0, 0.05) is 31.6 Å². The molecular formula is C27H34N4O2. The van der Waals surface area contributed by atoms with Crippen molar-refractivity contribution in [2.24, 2.45) is 11.8 Å². The molecule has 1 heterocycles. The Labute approximate surface area is 195 Å². The molecule has 0 spiro atoms. The summed E-state index contributed by atoms with van der Waals surface area (Å²) in [5.74, 6) is 3.82. The van der Waals surface area contributed by atoms with Gasteiger partial charge in [-0.2, -0.15) is 0 Å². The van der Waals surface area contributed by atoms with Gasteiger partial charge in [0.1, 0.15) is 11.5 Å². The van der Waals surface area contributed by atoms with E-state index in [4.69, 9.17) is 10.5 Å². The van der Waals surface area contributed by atoms with Crippen LogP contribution in [0.15, 0.2) is 48.5 Å². The smallest absolute Gasteiger partial charge is 0.222 e. The fourth-order valence-corrected chi connectivity index (χ4v) is 6.02. The van der Waals surface area contributed by atoms with Crippen LogP contribution in [0.5, 0.6) is 11.5 Å². The van der Waals surface area contributed by atoms with Crippen molar-refractivity contribution in [3.8, 4) is 11.5 Å². The predicted molar refractivity (Wildman–Crippen MR) is 131 cm³/mol. The summed E-state index contributed by atoms with van der Waals surface area (Å²) >= 11 is 0. The summed E-state index contributed by atoms with van der Waals surface area (Å²) < 4.78 is 8.11. The lowest BCUT2D eigenvalue weighted by Gasteiger charge is -2.32. The highest BCUT2D eigenvalue weighted by Gasteiger charge is 2.42. The second-order valence-electron chi connectivity index (χ2n) is 9.75. The van der Waals surface area contributed by atoms with E-state index in [-0.39, 0.29) is 11.9 Å². The number of nitrogens with zero attached hydrogens (tertiary/aromatic N) is 3. The molecule has 5 rings (SSSR count). The molecule has 2 bridgehead atoms. The molecule has 2 N–H and O–H groups in total.